The molecule has 0 rings (SSSR count). The highest BCUT2D eigenvalue weighted by molar-refractivity contribution is 7.96. The molecule has 0 saturated heterocycles. The van der Waals surface area contributed by atoms with Crippen LogP contribution in [0.1, 0.15) is 20.3 Å². The van der Waals surface area contributed by atoms with E-state index in [9.17, 15) is 4.79 Å². The Morgan fingerprint density at radius 2 is 1.67 bits per heavy atom. The number of aliphatic carboxylic acids is 1. The third-order valence-corrected chi connectivity index (χ3v) is 0.619. The first kappa shape index (κ1) is 11.3. The first-order valence-electron chi connectivity index (χ1n) is 2.42. The molecule has 3 nitrogen and oxygen atoms in total. The highest BCUT2D eigenvalue weighted by Gasteiger charge is 1.78. The summed E-state index contributed by atoms with van der Waals surface area (Å²) >= 11 is 3.46. The highest BCUT2D eigenvalue weighted by Crippen LogP contribution is 1.80. The van der Waals surface area contributed by atoms with Crippen LogP contribution in [0.2, 0.25) is 0 Å². The van der Waals surface area contributed by atoms with Crippen molar-refractivity contribution in [2.24, 2.45) is 0 Å². The van der Waals surface area contributed by atoms with Crippen molar-refractivity contribution in [3.05, 3.63) is 0 Å². The van der Waals surface area contributed by atoms with Crippen LogP contribution in [0.15, 0.2) is 0 Å². The van der Waals surface area contributed by atoms with Gasteiger partial charge in [-0.3, -0.25) is 9.59 Å². The smallest absolute Gasteiger partial charge is 0.300 e. The van der Waals surface area contributed by atoms with E-state index in [1.165, 1.54) is 0 Å². The fraction of sp³-hybridized carbons (Fsp3) is 0.600. The first-order chi connectivity index (χ1) is 4.00. The van der Waals surface area contributed by atoms with E-state index < -0.39 is 5.97 Å². The summed E-state index contributed by atoms with van der Waals surface area (Å²) in [6, 6.07) is 0. The molecule has 0 aromatic rings. The normalized spacial score (nSPS) is 7.00. The molecule has 0 fully saturated rings. The van der Waals surface area contributed by atoms with Gasteiger partial charge in [0.1, 0.15) is 0 Å². The monoisotopic (exact) mass is 150 g/mol. The molecule has 0 aliphatic rings. The second-order valence-electron chi connectivity index (χ2n) is 1.27. The van der Waals surface area contributed by atoms with Gasteiger partial charge in [-0.25, -0.2) is 0 Å². The lowest BCUT2D eigenvalue weighted by Crippen LogP contribution is -1.78. The molecular formula is C5H10O3S. The number of carbonyl (C=O) groups is 2. The number of carboxylic acid groups (broad SMARTS) is 1. The maximum Gasteiger partial charge on any atom is 0.300 e. The Morgan fingerprint density at radius 1 is 1.56 bits per heavy atom. The second kappa shape index (κ2) is 7.49. The Balaban J connectivity index is 0. The molecule has 0 aromatic heterocycles. The average molecular weight is 150 g/mol. The van der Waals surface area contributed by atoms with Crippen LogP contribution in [0.3, 0.4) is 0 Å². The minimum absolute atomic E-state index is 0.0509. The molecule has 9 heavy (non-hydrogen) atoms. The van der Waals surface area contributed by atoms with Crippen LogP contribution in [0.25, 0.3) is 0 Å². The van der Waals surface area contributed by atoms with Crippen LogP contribution < -0.4 is 0 Å². The minimum Gasteiger partial charge on any atom is -0.481 e. The van der Waals surface area contributed by atoms with Gasteiger partial charge in [0, 0.05) is 13.3 Å². The van der Waals surface area contributed by atoms with Crippen LogP contribution in [0.4, 0.5) is 0 Å². The van der Waals surface area contributed by atoms with Crippen LogP contribution in [-0.2, 0) is 9.59 Å². The number of thiol groups is 1. The zero-order chi connectivity index (χ0) is 7.86. The SMILES string of the molecule is CC(=O)O.CCC(=O)S. The maximum atomic E-state index is 9.68. The topological polar surface area (TPSA) is 54.4 Å². The van der Waals surface area contributed by atoms with E-state index >= 15 is 0 Å². The standard InChI is InChI=1S/C3H6OS.C2H4O2/c1-2-3(4)5;1-2(3)4/h2H2,1H3,(H,4,5);1H3,(H,3,4). The van der Waals surface area contributed by atoms with Gasteiger partial charge in [0.25, 0.3) is 5.97 Å². The van der Waals surface area contributed by atoms with E-state index in [1.54, 1.807) is 6.92 Å². The quantitative estimate of drug-likeness (QED) is 0.547. The summed E-state index contributed by atoms with van der Waals surface area (Å²) in [4.78, 5) is 18.7. The third kappa shape index (κ3) is 102. The summed E-state index contributed by atoms with van der Waals surface area (Å²) in [5, 5.41) is 7.37. The Kier molecular flexibility index (Phi) is 9.41. The molecule has 0 aliphatic heterocycles. The van der Waals surface area contributed by atoms with E-state index in [2.05, 4.69) is 12.6 Å². The van der Waals surface area contributed by atoms with E-state index in [1.807, 2.05) is 0 Å². The number of rotatable bonds is 1. The molecule has 0 aliphatic carbocycles. The van der Waals surface area contributed by atoms with Crippen molar-refractivity contribution in [2.75, 3.05) is 0 Å². The molecular weight excluding hydrogens is 140 g/mol. The third-order valence-electron chi connectivity index (χ3n) is 0.302. The molecule has 1 N–H and O–H groups in total. The zero-order valence-electron chi connectivity index (χ0n) is 5.42. The fourth-order valence-corrected chi connectivity index (χ4v) is 0. The Hall–Kier alpha value is -0.510. The van der Waals surface area contributed by atoms with E-state index in [4.69, 9.17) is 9.90 Å². The first-order valence-corrected chi connectivity index (χ1v) is 2.86. The van der Waals surface area contributed by atoms with Crippen molar-refractivity contribution in [1.29, 1.82) is 0 Å². The van der Waals surface area contributed by atoms with Gasteiger partial charge in [0.2, 0.25) is 0 Å². The van der Waals surface area contributed by atoms with Gasteiger partial charge < -0.3 is 5.11 Å². The molecule has 0 bridgehead atoms. The van der Waals surface area contributed by atoms with Crippen molar-refractivity contribution in [2.45, 2.75) is 20.3 Å². The Bertz CT molecular complexity index is 96.4. The Labute approximate surface area is 59.5 Å². The van der Waals surface area contributed by atoms with Gasteiger partial charge in [-0.1, -0.05) is 6.92 Å². The van der Waals surface area contributed by atoms with Gasteiger partial charge in [-0.2, -0.15) is 0 Å². The predicted molar refractivity (Wildman–Crippen MR) is 37.6 cm³/mol. The van der Waals surface area contributed by atoms with Crippen LogP contribution >= 0.6 is 12.6 Å². The maximum absolute atomic E-state index is 9.68. The van der Waals surface area contributed by atoms with Gasteiger partial charge >= 0.3 is 0 Å². The van der Waals surface area contributed by atoms with Gasteiger partial charge in [-0.05, 0) is 0 Å². The molecule has 0 aromatic carbocycles. The van der Waals surface area contributed by atoms with Crippen molar-refractivity contribution in [3.63, 3.8) is 0 Å². The molecule has 0 radical (unpaired) electrons. The second-order valence-corrected chi connectivity index (χ2v) is 1.77. The van der Waals surface area contributed by atoms with E-state index in [0.29, 0.717) is 6.42 Å². The minimum atomic E-state index is -0.833. The molecule has 4 heteroatoms. The number of carbonyl (C=O) groups excluding carboxylic acids is 1. The zero-order valence-corrected chi connectivity index (χ0v) is 6.31. The molecule has 0 heterocycles. The number of hydrogen-bond donors (Lipinski definition) is 2. The van der Waals surface area contributed by atoms with Crippen molar-refractivity contribution in [1.82, 2.24) is 0 Å². The summed E-state index contributed by atoms with van der Waals surface area (Å²) in [7, 11) is 0. The van der Waals surface area contributed by atoms with Crippen LogP contribution in [0.5, 0.6) is 0 Å². The van der Waals surface area contributed by atoms with Crippen LogP contribution in [0, 0.1) is 0 Å². The number of carboxylic acids is 1. The summed E-state index contributed by atoms with van der Waals surface area (Å²) in [5.41, 5.74) is 0. The van der Waals surface area contributed by atoms with Crippen LogP contribution in [-0.4, -0.2) is 16.2 Å². The Morgan fingerprint density at radius 3 is 1.67 bits per heavy atom. The number of hydrogen-bond acceptors (Lipinski definition) is 2. The largest absolute Gasteiger partial charge is 0.481 e. The molecule has 0 saturated carbocycles. The lowest BCUT2D eigenvalue weighted by atomic mass is 10.6. The van der Waals surface area contributed by atoms with Crippen molar-refractivity contribution in [3.8, 4) is 0 Å². The summed E-state index contributed by atoms with van der Waals surface area (Å²) < 4.78 is 0. The van der Waals surface area contributed by atoms with Gasteiger partial charge in [0.05, 0.1) is 0 Å². The molecule has 0 atom stereocenters. The van der Waals surface area contributed by atoms with E-state index in [0.717, 1.165) is 6.92 Å². The highest BCUT2D eigenvalue weighted by atomic mass is 32.1. The predicted octanol–water partition coefficient (Wildman–Crippen LogP) is 0.944. The summed E-state index contributed by atoms with van der Waals surface area (Å²) in [6.45, 7) is 2.86. The lowest BCUT2D eigenvalue weighted by molar-refractivity contribution is -0.134. The summed E-state index contributed by atoms with van der Waals surface area (Å²) in [5.74, 6) is -0.833. The molecule has 0 amide bonds. The summed E-state index contributed by atoms with van der Waals surface area (Å²) in [6.07, 6.45) is 0.531. The van der Waals surface area contributed by atoms with Crippen molar-refractivity contribution >= 4 is 23.7 Å². The van der Waals surface area contributed by atoms with E-state index in [-0.39, 0.29) is 5.12 Å². The molecule has 54 valence electrons. The van der Waals surface area contributed by atoms with Gasteiger partial charge in [0.15, 0.2) is 5.12 Å². The molecule has 0 spiro atoms. The molecule has 0 unspecified atom stereocenters. The lowest BCUT2D eigenvalue weighted by Gasteiger charge is -1.70. The van der Waals surface area contributed by atoms with Crippen molar-refractivity contribution < 1.29 is 14.7 Å². The average Bonchev–Trinajstić information content (AvgIpc) is 1.65. The van der Waals surface area contributed by atoms with Gasteiger partial charge in [-0.15, -0.1) is 12.6 Å². The fourth-order valence-electron chi connectivity index (χ4n) is 0.